The minimum Gasteiger partial charge on any atom is -0.465 e. The molecule has 4 aliphatic carbocycles. The molecule has 0 spiro atoms. The zero-order chi connectivity index (χ0) is 23.5. The van der Waals surface area contributed by atoms with E-state index in [2.05, 4.69) is 16.1 Å². The summed E-state index contributed by atoms with van der Waals surface area (Å²) in [5, 5.41) is 22.9. The van der Waals surface area contributed by atoms with Crippen molar-refractivity contribution in [3.05, 3.63) is 10.4 Å². The van der Waals surface area contributed by atoms with Gasteiger partial charge >= 0.3 is 6.09 Å². The van der Waals surface area contributed by atoms with Crippen LogP contribution >= 0.6 is 0 Å². The summed E-state index contributed by atoms with van der Waals surface area (Å²) < 4.78 is 11.8. The second kappa shape index (κ2) is 9.75. The van der Waals surface area contributed by atoms with Crippen molar-refractivity contribution in [3.8, 4) is 6.07 Å². The third-order valence-corrected chi connectivity index (χ3v) is 7.83. The number of rotatable bonds is 10. The molecule has 180 valence electrons. The van der Waals surface area contributed by atoms with Crippen LogP contribution in [0.5, 0.6) is 0 Å². The van der Waals surface area contributed by atoms with Crippen LogP contribution in [-0.2, 0) is 14.3 Å². The fraction of sp³-hybridized carbons (Fsp3) is 0.864. The molecule has 1 N–H and O–H groups in total. The number of hydrogen-bond donors (Lipinski definition) is 1. The standard InChI is InChI=1S/C22H32N6O5/c23-13-18-2-1-4-27(18)19(29)14-28(20(30)31)21-9-16-8-17(10-21)12-22(11-16,15-21)33-7-6-32-5-3-25-26-24/h16-18H,1-12,14-15H2,(H,30,31)/t16-,17?,18?,21?,22?/m0/s1. The van der Waals surface area contributed by atoms with E-state index in [1.165, 1.54) is 9.80 Å². The molecular weight excluding hydrogens is 428 g/mol. The fourth-order valence-electron chi connectivity index (χ4n) is 7.05. The predicted molar refractivity (Wildman–Crippen MR) is 116 cm³/mol. The summed E-state index contributed by atoms with van der Waals surface area (Å²) in [6.07, 6.45) is 5.36. The number of carbonyl (C=O) groups is 2. The first kappa shape index (κ1) is 23.6. The zero-order valence-electron chi connectivity index (χ0n) is 18.9. The lowest BCUT2D eigenvalue weighted by atomic mass is 9.50. The van der Waals surface area contributed by atoms with Gasteiger partial charge in [0.05, 0.1) is 37.0 Å². The number of amides is 2. The number of nitrogens with zero attached hydrogens (tertiary/aromatic N) is 6. The first-order valence-electron chi connectivity index (χ1n) is 11.8. The van der Waals surface area contributed by atoms with Crippen molar-refractivity contribution in [3.63, 3.8) is 0 Å². The summed E-state index contributed by atoms with van der Waals surface area (Å²) in [5.74, 6) is 0.487. The number of nitriles is 1. The molecule has 5 atom stereocenters. The molecule has 5 rings (SSSR count). The Morgan fingerprint density at radius 2 is 2.00 bits per heavy atom. The molecule has 0 aromatic carbocycles. The molecule has 5 fully saturated rings. The van der Waals surface area contributed by atoms with Crippen LogP contribution in [0.15, 0.2) is 5.11 Å². The summed E-state index contributed by atoms with van der Waals surface area (Å²) in [5.41, 5.74) is 7.32. The SMILES string of the molecule is N#CC1CCCN1C(=O)CN(C(=O)O)C12CC3C[C@H](CC(OCCOCCN=[N+]=[N-])(C3)C1)C2. The molecular formula is C22H32N6O5. The Balaban J connectivity index is 1.43. The van der Waals surface area contributed by atoms with E-state index >= 15 is 0 Å². The van der Waals surface area contributed by atoms with Crippen LogP contribution in [0.2, 0.25) is 0 Å². The molecule has 5 aliphatic rings. The lowest BCUT2D eigenvalue weighted by molar-refractivity contribution is -0.200. The molecule has 11 nitrogen and oxygen atoms in total. The molecule has 1 heterocycles. The lowest BCUT2D eigenvalue weighted by Gasteiger charge is -2.63. The number of likely N-dealkylation sites (tertiary alicyclic amines) is 1. The first-order chi connectivity index (χ1) is 15.9. The largest absolute Gasteiger partial charge is 0.465 e. The predicted octanol–water partition coefficient (Wildman–Crippen LogP) is 2.92. The summed E-state index contributed by atoms with van der Waals surface area (Å²) in [4.78, 5) is 31.0. The third-order valence-electron chi connectivity index (χ3n) is 7.83. The average Bonchev–Trinajstić information content (AvgIpc) is 3.24. The van der Waals surface area contributed by atoms with E-state index in [-0.39, 0.29) is 19.0 Å². The summed E-state index contributed by atoms with van der Waals surface area (Å²) in [7, 11) is 0. The van der Waals surface area contributed by atoms with Gasteiger partial charge in [-0.05, 0) is 68.7 Å². The topological polar surface area (TPSA) is 152 Å². The van der Waals surface area contributed by atoms with Crippen molar-refractivity contribution >= 4 is 12.0 Å². The molecule has 11 heteroatoms. The number of carboxylic acid groups (broad SMARTS) is 1. The van der Waals surface area contributed by atoms with Crippen molar-refractivity contribution in [1.29, 1.82) is 5.26 Å². The van der Waals surface area contributed by atoms with Crippen molar-refractivity contribution < 1.29 is 24.2 Å². The van der Waals surface area contributed by atoms with Gasteiger partial charge in [-0.15, -0.1) is 0 Å². The highest BCUT2D eigenvalue weighted by atomic mass is 16.5. The van der Waals surface area contributed by atoms with Crippen LogP contribution in [0.25, 0.3) is 10.4 Å². The summed E-state index contributed by atoms with van der Waals surface area (Å²) in [6, 6.07) is 1.71. The van der Waals surface area contributed by atoms with E-state index in [1.54, 1.807) is 0 Å². The molecule has 4 saturated carbocycles. The van der Waals surface area contributed by atoms with E-state index in [1.807, 2.05) is 0 Å². The normalized spacial score (nSPS) is 34.0. The van der Waals surface area contributed by atoms with Crippen LogP contribution in [0.3, 0.4) is 0 Å². The van der Waals surface area contributed by atoms with Gasteiger partial charge in [0, 0.05) is 18.0 Å². The fourth-order valence-corrected chi connectivity index (χ4v) is 7.05. The van der Waals surface area contributed by atoms with Crippen molar-refractivity contribution in [1.82, 2.24) is 9.80 Å². The zero-order valence-corrected chi connectivity index (χ0v) is 18.9. The maximum absolute atomic E-state index is 13.0. The van der Waals surface area contributed by atoms with Gasteiger partial charge in [0.25, 0.3) is 0 Å². The highest BCUT2D eigenvalue weighted by Crippen LogP contribution is 2.60. The van der Waals surface area contributed by atoms with Gasteiger partial charge in [0.15, 0.2) is 0 Å². The molecule has 33 heavy (non-hydrogen) atoms. The Labute approximate surface area is 193 Å². The monoisotopic (exact) mass is 460 g/mol. The summed E-state index contributed by atoms with van der Waals surface area (Å²) >= 11 is 0. The average molecular weight is 461 g/mol. The van der Waals surface area contributed by atoms with Gasteiger partial charge < -0.3 is 19.5 Å². The molecule has 2 amide bonds. The number of carbonyl (C=O) groups excluding carboxylic acids is 1. The lowest BCUT2D eigenvalue weighted by Crippen LogP contribution is -2.68. The summed E-state index contributed by atoms with van der Waals surface area (Å²) in [6.45, 7) is 1.71. The highest BCUT2D eigenvalue weighted by Gasteiger charge is 2.61. The number of azide groups is 1. The Bertz CT molecular complexity index is 839. The van der Waals surface area contributed by atoms with E-state index in [4.69, 9.17) is 15.0 Å². The van der Waals surface area contributed by atoms with Crippen LogP contribution in [0.1, 0.15) is 51.4 Å². The molecule has 1 saturated heterocycles. The quantitative estimate of drug-likeness (QED) is 0.229. The van der Waals surface area contributed by atoms with E-state index < -0.39 is 23.3 Å². The van der Waals surface area contributed by atoms with E-state index in [9.17, 15) is 20.0 Å². The van der Waals surface area contributed by atoms with E-state index in [0.29, 0.717) is 51.0 Å². The van der Waals surface area contributed by atoms with Crippen LogP contribution in [0.4, 0.5) is 4.79 Å². The van der Waals surface area contributed by atoms with Gasteiger partial charge in [-0.1, -0.05) is 5.11 Å². The van der Waals surface area contributed by atoms with Gasteiger partial charge in [-0.25, -0.2) is 4.79 Å². The molecule has 4 unspecified atom stereocenters. The Kier molecular flexibility index (Phi) is 6.98. The van der Waals surface area contributed by atoms with Crippen molar-refractivity contribution in [2.45, 2.75) is 68.5 Å². The maximum Gasteiger partial charge on any atom is 0.408 e. The van der Waals surface area contributed by atoms with Crippen LogP contribution in [0, 0.1) is 23.2 Å². The van der Waals surface area contributed by atoms with Gasteiger partial charge in [-0.2, -0.15) is 5.26 Å². The van der Waals surface area contributed by atoms with E-state index in [0.717, 1.165) is 38.5 Å². The smallest absolute Gasteiger partial charge is 0.408 e. The minimum atomic E-state index is -1.07. The second-order valence-corrected chi connectivity index (χ2v) is 10.0. The van der Waals surface area contributed by atoms with Crippen LogP contribution < -0.4 is 0 Å². The second-order valence-electron chi connectivity index (χ2n) is 10.0. The highest BCUT2D eigenvalue weighted by molar-refractivity contribution is 5.83. The van der Waals surface area contributed by atoms with Gasteiger partial charge in [0.2, 0.25) is 5.91 Å². The third kappa shape index (κ3) is 4.88. The Morgan fingerprint density at radius 3 is 2.67 bits per heavy atom. The molecule has 0 aromatic rings. The first-order valence-corrected chi connectivity index (χ1v) is 11.8. The van der Waals surface area contributed by atoms with Crippen molar-refractivity contribution in [2.75, 3.05) is 39.5 Å². The number of hydrogen-bond acceptors (Lipinski definition) is 6. The van der Waals surface area contributed by atoms with Gasteiger partial charge in [0.1, 0.15) is 12.6 Å². The van der Waals surface area contributed by atoms with Crippen LogP contribution in [-0.4, -0.2) is 83.5 Å². The molecule has 1 aliphatic heterocycles. The molecule has 0 radical (unpaired) electrons. The Morgan fingerprint density at radius 1 is 1.24 bits per heavy atom. The Hall–Kier alpha value is -2.54. The maximum atomic E-state index is 13.0. The number of ether oxygens (including phenoxy) is 2. The van der Waals surface area contributed by atoms with Crippen molar-refractivity contribution in [2.24, 2.45) is 17.0 Å². The van der Waals surface area contributed by atoms with Gasteiger partial charge in [-0.3, -0.25) is 9.69 Å². The molecule has 0 aromatic heterocycles. The molecule has 4 bridgehead atoms. The minimum absolute atomic E-state index is 0.203.